The molecule has 0 aromatic rings. The normalized spacial score (nSPS) is 22.2. The number of hydrogen-bond acceptors (Lipinski definition) is 4. The van der Waals surface area contributed by atoms with E-state index in [4.69, 9.17) is 9.47 Å². The molecule has 0 fully saturated rings. The van der Waals surface area contributed by atoms with Gasteiger partial charge in [0.1, 0.15) is 0 Å². The van der Waals surface area contributed by atoms with Crippen LogP contribution in [0.3, 0.4) is 0 Å². The largest absolute Gasteiger partial charge is 0.466 e. The van der Waals surface area contributed by atoms with E-state index in [0.717, 1.165) is 0 Å². The standard InChI is InChI=1S/C10H16O4/c1-9(2)6-7(8(11)12-3)10(9,13-4)14-5/h6H,1-5H3. The first-order valence-electron chi connectivity index (χ1n) is 4.37. The lowest BCUT2D eigenvalue weighted by Crippen LogP contribution is -2.57. The van der Waals surface area contributed by atoms with Crippen molar-refractivity contribution in [2.75, 3.05) is 21.3 Å². The zero-order valence-corrected chi connectivity index (χ0v) is 9.21. The van der Waals surface area contributed by atoms with Crippen LogP contribution < -0.4 is 0 Å². The predicted molar refractivity (Wildman–Crippen MR) is 50.6 cm³/mol. The summed E-state index contributed by atoms with van der Waals surface area (Å²) in [5, 5.41) is 0. The van der Waals surface area contributed by atoms with Gasteiger partial charge in [-0.2, -0.15) is 0 Å². The van der Waals surface area contributed by atoms with Gasteiger partial charge in [-0.1, -0.05) is 19.9 Å². The fourth-order valence-electron chi connectivity index (χ4n) is 1.95. The summed E-state index contributed by atoms with van der Waals surface area (Å²) in [6.45, 7) is 3.87. The van der Waals surface area contributed by atoms with E-state index in [0.29, 0.717) is 5.57 Å². The van der Waals surface area contributed by atoms with Crippen molar-refractivity contribution >= 4 is 5.97 Å². The van der Waals surface area contributed by atoms with Crippen LogP contribution in [0.25, 0.3) is 0 Å². The molecule has 0 heterocycles. The summed E-state index contributed by atoms with van der Waals surface area (Å²) in [6, 6.07) is 0. The summed E-state index contributed by atoms with van der Waals surface area (Å²) in [4.78, 5) is 11.4. The third kappa shape index (κ3) is 1.18. The van der Waals surface area contributed by atoms with E-state index in [2.05, 4.69) is 4.74 Å². The zero-order chi connectivity index (χ0) is 11.0. The summed E-state index contributed by atoms with van der Waals surface area (Å²) in [5.74, 6) is -1.38. The summed E-state index contributed by atoms with van der Waals surface area (Å²) >= 11 is 0. The SMILES string of the molecule is COC(=O)C1=CC(C)(C)C1(OC)OC. The van der Waals surface area contributed by atoms with Gasteiger partial charge < -0.3 is 14.2 Å². The lowest BCUT2D eigenvalue weighted by atomic mass is 9.67. The minimum Gasteiger partial charge on any atom is -0.466 e. The van der Waals surface area contributed by atoms with Gasteiger partial charge in [-0.3, -0.25) is 0 Å². The number of esters is 1. The number of hydrogen-bond donors (Lipinski definition) is 0. The Morgan fingerprint density at radius 1 is 1.21 bits per heavy atom. The average Bonchev–Trinajstić information content (AvgIpc) is 2.15. The Hall–Kier alpha value is -0.870. The van der Waals surface area contributed by atoms with Crippen molar-refractivity contribution in [3.63, 3.8) is 0 Å². The Kier molecular flexibility index (Phi) is 2.69. The molecule has 0 radical (unpaired) electrons. The maximum Gasteiger partial charge on any atom is 0.338 e. The molecule has 0 amide bonds. The van der Waals surface area contributed by atoms with Crippen LogP contribution in [-0.2, 0) is 19.0 Å². The minimum atomic E-state index is -0.972. The highest BCUT2D eigenvalue weighted by molar-refractivity contribution is 5.93. The summed E-state index contributed by atoms with van der Waals surface area (Å²) in [6.07, 6.45) is 1.80. The monoisotopic (exact) mass is 200 g/mol. The first kappa shape index (κ1) is 11.2. The van der Waals surface area contributed by atoms with Crippen LogP contribution >= 0.6 is 0 Å². The average molecular weight is 200 g/mol. The number of carbonyl (C=O) groups excluding carboxylic acids is 1. The van der Waals surface area contributed by atoms with Gasteiger partial charge in [-0.05, 0) is 0 Å². The molecule has 0 saturated carbocycles. The number of methoxy groups -OCH3 is 3. The molecular formula is C10H16O4. The van der Waals surface area contributed by atoms with Crippen molar-refractivity contribution in [3.05, 3.63) is 11.6 Å². The topological polar surface area (TPSA) is 44.8 Å². The lowest BCUT2D eigenvalue weighted by molar-refractivity contribution is -0.248. The van der Waals surface area contributed by atoms with Gasteiger partial charge in [0.25, 0.3) is 0 Å². The zero-order valence-electron chi connectivity index (χ0n) is 9.21. The Balaban J connectivity index is 3.06. The molecule has 1 rings (SSSR count). The molecule has 0 aromatic carbocycles. The minimum absolute atomic E-state index is 0.319. The van der Waals surface area contributed by atoms with Gasteiger partial charge >= 0.3 is 5.97 Å². The van der Waals surface area contributed by atoms with Crippen molar-refractivity contribution in [2.45, 2.75) is 19.6 Å². The van der Waals surface area contributed by atoms with Crippen molar-refractivity contribution in [1.82, 2.24) is 0 Å². The van der Waals surface area contributed by atoms with Gasteiger partial charge in [0.05, 0.1) is 12.7 Å². The molecule has 14 heavy (non-hydrogen) atoms. The molecule has 1 aliphatic rings. The Morgan fingerprint density at radius 2 is 1.71 bits per heavy atom. The van der Waals surface area contributed by atoms with Crippen molar-refractivity contribution < 1.29 is 19.0 Å². The molecular weight excluding hydrogens is 184 g/mol. The molecule has 80 valence electrons. The highest BCUT2D eigenvalue weighted by Gasteiger charge is 2.58. The van der Waals surface area contributed by atoms with Crippen LogP contribution in [-0.4, -0.2) is 33.1 Å². The first-order chi connectivity index (χ1) is 6.45. The van der Waals surface area contributed by atoms with Gasteiger partial charge in [0, 0.05) is 19.6 Å². The summed E-state index contributed by atoms with van der Waals surface area (Å²) < 4.78 is 15.2. The van der Waals surface area contributed by atoms with E-state index in [-0.39, 0.29) is 5.41 Å². The van der Waals surface area contributed by atoms with Gasteiger partial charge in [-0.15, -0.1) is 0 Å². The molecule has 4 heteroatoms. The summed E-state index contributed by atoms with van der Waals surface area (Å²) in [5.41, 5.74) is 0.107. The predicted octanol–water partition coefficient (Wildman–Crippen LogP) is 1.11. The molecule has 0 unspecified atom stereocenters. The fourth-order valence-corrected chi connectivity index (χ4v) is 1.95. The van der Waals surface area contributed by atoms with Crippen LogP contribution in [0.4, 0.5) is 0 Å². The fraction of sp³-hybridized carbons (Fsp3) is 0.700. The number of rotatable bonds is 3. The third-order valence-corrected chi connectivity index (χ3v) is 2.69. The third-order valence-electron chi connectivity index (χ3n) is 2.69. The smallest absolute Gasteiger partial charge is 0.338 e. The van der Waals surface area contributed by atoms with E-state index in [1.54, 1.807) is 6.08 Å². The molecule has 0 spiro atoms. The van der Waals surface area contributed by atoms with Crippen molar-refractivity contribution in [3.8, 4) is 0 Å². The second kappa shape index (κ2) is 3.37. The molecule has 4 nitrogen and oxygen atoms in total. The second-order valence-electron chi connectivity index (χ2n) is 3.80. The second-order valence-corrected chi connectivity index (χ2v) is 3.80. The van der Waals surface area contributed by atoms with E-state index >= 15 is 0 Å². The Labute approximate surface area is 83.8 Å². The molecule has 0 aromatic heterocycles. The van der Waals surface area contributed by atoms with Crippen molar-refractivity contribution in [1.29, 1.82) is 0 Å². The highest BCUT2D eigenvalue weighted by atomic mass is 16.7. The van der Waals surface area contributed by atoms with Crippen LogP contribution in [0.15, 0.2) is 11.6 Å². The lowest BCUT2D eigenvalue weighted by Gasteiger charge is -2.50. The molecule has 0 saturated heterocycles. The maximum absolute atomic E-state index is 11.4. The Bertz CT molecular complexity index is 274. The van der Waals surface area contributed by atoms with Crippen LogP contribution in [0, 0.1) is 5.41 Å². The van der Waals surface area contributed by atoms with Crippen molar-refractivity contribution in [2.24, 2.45) is 5.41 Å². The van der Waals surface area contributed by atoms with Crippen LogP contribution in [0.2, 0.25) is 0 Å². The quantitative estimate of drug-likeness (QED) is 0.505. The van der Waals surface area contributed by atoms with E-state index in [1.165, 1.54) is 21.3 Å². The molecule has 0 N–H and O–H groups in total. The molecule has 0 aliphatic heterocycles. The molecule has 0 atom stereocenters. The molecule has 0 bridgehead atoms. The maximum atomic E-state index is 11.4. The first-order valence-corrected chi connectivity index (χ1v) is 4.37. The van der Waals surface area contributed by atoms with Gasteiger partial charge in [0.15, 0.2) is 0 Å². The Morgan fingerprint density at radius 3 is 2.00 bits per heavy atom. The van der Waals surface area contributed by atoms with Crippen LogP contribution in [0.5, 0.6) is 0 Å². The van der Waals surface area contributed by atoms with Gasteiger partial charge in [-0.25, -0.2) is 4.79 Å². The van der Waals surface area contributed by atoms with Gasteiger partial charge in [0.2, 0.25) is 5.79 Å². The van der Waals surface area contributed by atoms with E-state index in [9.17, 15) is 4.79 Å². The van der Waals surface area contributed by atoms with E-state index in [1.807, 2.05) is 13.8 Å². The number of carbonyl (C=O) groups is 1. The highest BCUT2D eigenvalue weighted by Crippen LogP contribution is 2.51. The summed E-state index contributed by atoms with van der Waals surface area (Å²) in [7, 11) is 4.37. The van der Waals surface area contributed by atoms with Crippen LogP contribution in [0.1, 0.15) is 13.8 Å². The van der Waals surface area contributed by atoms with E-state index < -0.39 is 11.8 Å². The number of ether oxygens (including phenoxy) is 3. The molecule has 1 aliphatic carbocycles.